The number of nitrogens with one attached hydrogen (secondary N) is 2. The lowest BCUT2D eigenvalue weighted by Gasteiger charge is -2.22. The number of aliphatic hydroxyl groups excluding tert-OH is 1. The number of hydrogen-bond donors (Lipinski definition) is 3. The van der Waals surface area contributed by atoms with E-state index in [1.54, 1.807) is 0 Å². The number of hydrogen-bond acceptors (Lipinski definition) is 4. The van der Waals surface area contributed by atoms with Crippen LogP contribution in [-0.4, -0.2) is 30.3 Å². The van der Waals surface area contributed by atoms with Crippen molar-refractivity contribution in [1.82, 2.24) is 4.98 Å². The van der Waals surface area contributed by atoms with E-state index in [9.17, 15) is 8.78 Å². The zero-order valence-corrected chi connectivity index (χ0v) is 10.1. The highest BCUT2D eigenvalue weighted by Gasteiger charge is 2.18. The normalized spacial score (nSPS) is 11.4. The minimum Gasteiger partial charge on any atom is -0.396 e. The molecule has 0 saturated carbocycles. The van der Waals surface area contributed by atoms with Crippen LogP contribution in [0.25, 0.3) is 0 Å². The summed E-state index contributed by atoms with van der Waals surface area (Å²) in [5.41, 5.74) is -0.400. The van der Waals surface area contributed by atoms with Crippen LogP contribution in [0.5, 0.6) is 0 Å². The molecule has 0 aliphatic heterocycles. The number of nitrogens with zero attached hydrogens (tertiary/aromatic N) is 1. The number of aromatic nitrogens is 1. The molecular weight excluding hydrogens is 228 g/mol. The van der Waals surface area contributed by atoms with Crippen LogP contribution in [-0.2, 0) is 0 Å². The lowest BCUT2D eigenvalue weighted by atomic mass is 9.95. The SMILES string of the molecule is CNc1nc(NCC(C)(C)CO)c(F)cc1F. The monoisotopic (exact) mass is 245 g/mol. The molecule has 1 heterocycles. The first-order valence-electron chi connectivity index (χ1n) is 5.28. The van der Waals surface area contributed by atoms with E-state index in [0.717, 1.165) is 6.07 Å². The van der Waals surface area contributed by atoms with Crippen molar-refractivity contribution >= 4 is 11.6 Å². The summed E-state index contributed by atoms with van der Waals surface area (Å²) >= 11 is 0. The summed E-state index contributed by atoms with van der Waals surface area (Å²) in [4.78, 5) is 3.77. The van der Waals surface area contributed by atoms with E-state index in [-0.39, 0.29) is 18.2 Å². The van der Waals surface area contributed by atoms with Gasteiger partial charge in [-0.3, -0.25) is 0 Å². The minimum absolute atomic E-state index is 0.0179. The van der Waals surface area contributed by atoms with Crippen molar-refractivity contribution in [2.75, 3.05) is 30.8 Å². The van der Waals surface area contributed by atoms with Crippen molar-refractivity contribution in [3.8, 4) is 0 Å². The summed E-state index contributed by atoms with van der Waals surface area (Å²) in [7, 11) is 1.50. The smallest absolute Gasteiger partial charge is 0.168 e. The summed E-state index contributed by atoms with van der Waals surface area (Å²) in [6.07, 6.45) is 0. The Morgan fingerprint density at radius 2 is 1.88 bits per heavy atom. The largest absolute Gasteiger partial charge is 0.396 e. The van der Waals surface area contributed by atoms with E-state index in [4.69, 9.17) is 5.11 Å². The van der Waals surface area contributed by atoms with Gasteiger partial charge in [-0.2, -0.15) is 0 Å². The first-order chi connectivity index (χ1) is 7.89. The molecule has 0 aliphatic carbocycles. The first kappa shape index (κ1) is 13.6. The van der Waals surface area contributed by atoms with Crippen molar-refractivity contribution in [1.29, 1.82) is 0 Å². The van der Waals surface area contributed by atoms with Gasteiger partial charge in [0.15, 0.2) is 23.3 Å². The van der Waals surface area contributed by atoms with Crippen molar-refractivity contribution < 1.29 is 13.9 Å². The molecular formula is C11H17F2N3O. The standard InChI is InChI=1S/C11H17F2N3O/c1-11(2,6-17)5-15-10-8(13)4-7(12)9(14-3)16-10/h4,17H,5-6H2,1-3H3,(H2,14,15,16). The number of halogens is 2. The lowest BCUT2D eigenvalue weighted by molar-refractivity contribution is 0.170. The minimum atomic E-state index is -0.754. The van der Waals surface area contributed by atoms with Crippen LogP contribution >= 0.6 is 0 Å². The van der Waals surface area contributed by atoms with Crippen molar-refractivity contribution in [3.63, 3.8) is 0 Å². The van der Waals surface area contributed by atoms with Crippen molar-refractivity contribution in [3.05, 3.63) is 17.7 Å². The Balaban J connectivity index is 2.84. The highest BCUT2D eigenvalue weighted by Crippen LogP contribution is 2.20. The maximum atomic E-state index is 13.4. The Kier molecular flexibility index (Phi) is 4.22. The van der Waals surface area contributed by atoms with Gasteiger partial charge in [0.05, 0.1) is 0 Å². The molecule has 0 unspecified atom stereocenters. The fraction of sp³-hybridized carbons (Fsp3) is 0.545. The zero-order chi connectivity index (χ0) is 13.1. The average Bonchev–Trinajstić information content (AvgIpc) is 2.28. The molecule has 0 bridgehead atoms. The molecule has 0 aliphatic rings. The van der Waals surface area contributed by atoms with E-state index >= 15 is 0 Å². The second-order valence-electron chi connectivity index (χ2n) is 4.58. The third-order valence-electron chi connectivity index (χ3n) is 2.33. The maximum Gasteiger partial charge on any atom is 0.168 e. The van der Waals surface area contributed by atoms with Gasteiger partial charge < -0.3 is 15.7 Å². The second kappa shape index (κ2) is 5.27. The molecule has 6 heteroatoms. The van der Waals surface area contributed by atoms with E-state index in [2.05, 4.69) is 15.6 Å². The number of pyridine rings is 1. The highest BCUT2D eigenvalue weighted by atomic mass is 19.1. The van der Waals surface area contributed by atoms with Gasteiger partial charge >= 0.3 is 0 Å². The fourth-order valence-electron chi connectivity index (χ4n) is 1.14. The maximum absolute atomic E-state index is 13.4. The lowest BCUT2D eigenvalue weighted by Crippen LogP contribution is -2.27. The molecule has 1 aromatic rings. The Morgan fingerprint density at radius 3 is 2.41 bits per heavy atom. The van der Waals surface area contributed by atoms with Gasteiger partial charge in [-0.25, -0.2) is 13.8 Å². The Morgan fingerprint density at radius 1 is 1.29 bits per heavy atom. The van der Waals surface area contributed by atoms with Gasteiger partial charge in [0.25, 0.3) is 0 Å². The van der Waals surface area contributed by atoms with Crippen molar-refractivity contribution in [2.45, 2.75) is 13.8 Å². The van der Waals surface area contributed by atoms with Crippen molar-refractivity contribution in [2.24, 2.45) is 5.41 Å². The van der Waals surface area contributed by atoms with Crippen LogP contribution in [0.4, 0.5) is 20.4 Å². The quantitative estimate of drug-likeness (QED) is 0.740. The highest BCUT2D eigenvalue weighted by molar-refractivity contribution is 5.47. The van der Waals surface area contributed by atoms with E-state index < -0.39 is 17.0 Å². The predicted octanol–water partition coefficient (Wildman–Crippen LogP) is 1.83. The van der Waals surface area contributed by atoms with Gasteiger partial charge in [0.2, 0.25) is 0 Å². The van der Waals surface area contributed by atoms with Crippen LogP contribution in [0.3, 0.4) is 0 Å². The molecule has 0 amide bonds. The summed E-state index contributed by atoms with van der Waals surface area (Å²) in [5, 5.41) is 14.3. The summed E-state index contributed by atoms with van der Waals surface area (Å²) in [5.74, 6) is -1.54. The number of anilines is 2. The molecule has 0 spiro atoms. The third kappa shape index (κ3) is 3.52. The molecule has 1 rings (SSSR count). The van der Waals surface area contributed by atoms with E-state index in [0.29, 0.717) is 6.54 Å². The fourth-order valence-corrected chi connectivity index (χ4v) is 1.14. The van der Waals surface area contributed by atoms with Gasteiger partial charge in [0.1, 0.15) is 0 Å². The van der Waals surface area contributed by atoms with E-state index in [1.807, 2.05) is 13.8 Å². The zero-order valence-electron chi connectivity index (χ0n) is 10.1. The third-order valence-corrected chi connectivity index (χ3v) is 2.33. The molecule has 0 atom stereocenters. The Hall–Kier alpha value is -1.43. The molecule has 1 aromatic heterocycles. The van der Waals surface area contributed by atoms with Gasteiger partial charge in [-0.1, -0.05) is 13.8 Å². The molecule has 0 saturated heterocycles. The summed E-state index contributed by atoms with van der Waals surface area (Å²) in [6, 6.07) is 0.771. The topological polar surface area (TPSA) is 57.2 Å². The van der Waals surface area contributed by atoms with Gasteiger partial charge in [-0.15, -0.1) is 0 Å². The molecule has 96 valence electrons. The number of aliphatic hydroxyl groups is 1. The molecule has 4 nitrogen and oxygen atoms in total. The summed E-state index contributed by atoms with van der Waals surface area (Å²) < 4.78 is 26.5. The first-order valence-corrected chi connectivity index (χ1v) is 5.28. The van der Waals surface area contributed by atoms with Gasteiger partial charge in [0, 0.05) is 31.7 Å². The van der Waals surface area contributed by atoms with Gasteiger partial charge in [-0.05, 0) is 0 Å². The predicted molar refractivity (Wildman–Crippen MR) is 63.1 cm³/mol. The van der Waals surface area contributed by atoms with Crippen LogP contribution < -0.4 is 10.6 Å². The van der Waals surface area contributed by atoms with Crippen LogP contribution in [0.2, 0.25) is 0 Å². The molecule has 0 fully saturated rings. The van der Waals surface area contributed by atoms with Crippen LogP contribution in [0.15, 0.2) is 6.07 Å². The second-order valence-corrected chi connectivity index (χ2v) is 4.58. The van der Waals surface area contributed by atoms with E-state index in [1.165, 1.54) is 7.05 Å². The summed E-state index contributed by atoms with van der Waals surface area (Å²) in [6.45, 7) is 3.94. The Bertz CT molecular complexity index is 397. The van der Waals surface area contributed by atoms with Crippen LogP contribution in [0.1, 0.15) is 13.8 Å². The molecule has 0 aromatic carbocycles. The average molecular weight is 245 g/mol. The molecule has 0 radical (unpaired) electrons. The number of rotatable bonds is 5. The Labute approximate surface area is 99.1 Å². The molecule has 3 N–H and O–H groups in total. The van der Waals surface area contributed by atoms with Crippen LogP contribution in [0, 0.1) is 17.0 Å². The molecule has 17 heavy (non-hydrogen) atoms.